The summed E-state index contributed by atoms with van der Waals surface area (Å²) in [5.41, 5.74) is 0. The van der Waals surface area contributed by atoms with Crippen LogP contribution in [0, 0.1) is 11.8 Å². The number of aliphatic carboxylic acids is 1. The Morgan fingerprint density at radius 3 is 2.74 bits per heavy atom. The first-order valence-electron chi connectivity index (χ1n) is 7.15. The summed E-state index contributed by atoms with van der Waals surface area (Å²) in [4.78, 5) is 26.6. The minimum absolute atomic E-state index is 0.0374. The van der Waals surface area contributed by atoms with Crippen LogP contribution >= 0.6 is 0 Å². The van der Waals surface area contributed by atoms with Gasteiger partial charge < -0.3 is 14.9 Å². The first kappa shape index (κ1) is 15.8. The van der Waals surface area contributed by atoms with E-state index in [1.165, 1.54) is 0 Å². The van der Waals surface area contributed by atoms with Crippen molar-refractivity contribution in [3.63, 3.8) is 0 Å². The third-order valence-electron chi connectivity index (χ3n) is 3.86. The number of urea groups is 1. The SMILES string of the molecule is CCC(C)CN(C)C(=O)N1CCCC(CC(=O)O)C1. The van der Waals surface area contributed by atoms with Gasteiger partial charge in [0.1, 0.15) is 0 Å². The zero-order valence-electron chi connectivity index (χ0n) is 12.3. The quantitative estimate of drug-likeness (QED) is 0.833. The van der Waals surface area contributed by atoms with Crippen LogP contribution in [0.1, 0.15) is 39.5 Å². The van der Waals surface area contributed by atoms with Crippen LogP contribution in [0.3, 0.4) is 0 Å². The molecule has 1 fully saturated rings. The number of rotatable bonds is 5. The van der Waals surface area contributed by atoms with Crippen LogP contribution in [0.25, 0.3) is 0 Å². The lowest BCUT2D eigenvalue weighted by Crippen LogP contribution is -2.47. The molecular weight excluding hydrogens is 244 g/mol. The molecule has 2 atom stereocenters. The van der Waals surface area contributed by atoms with E-state index in [0.717, 1.165) is 32.4 Å². The van der Waals surface area contributed by atoms with Crippen molar-refractivity contribution < 1.29 is 14.7 Å². The number of carbonyl (C=O) groups excluding carboxylic acids is 1. The van der Waals surface area contributed by atoms with Gasteiger partial charge >= 0.3 is 12.0 Å². The lowest BCUT2D eigenvalue weighted by Gasteiger charge is -2.35. The van der Waals surface area contributed by atoms with Crippen LogP contribution in [0.2, 0.25) is 0 Å². The van der Waals surface area contributed by atoms with E-state index >= 15 is 0 Å². The van der Waals surface area contributed by atoms with Gasteiger partial charge in [0.2, 0.25) is 0 Å². The molecular formula is C14H26N2O3. The Labute approximate surface area is 115 Å². The molecule has 0 bridgehead atoms. The van der Waals surface area contributed by atoms with Crippen molar-refractivity contribution >= 4 is 12.0 Å². The number of likely N-dealkylation sites (tertiary alicyclic amines) is 1. The molecule has 0 aliphatic carbocycles. The van der Waals surface area contributed by atoms with Crippen LogP contribution in [0.15, 0.2) is 0 Å². The fourth-order valence-corrected chi connectivity index (χ4v) is 2.57. The van der Waals surface area contributed by atoms with Crippen LogP contribution in [-0.2, 0) is 4.79 Å². The van der Waals surface area contributed by atoms with Gasteiger partial charge in [-0.3, -0.25) is 4.79 Å². The standard InChI is InChI=1S/C14H26N2O3/c1-4-11(2)9-15(3)14(19)16-7-5-6-12(10-16)8-13(17)18/h11-12H,4-10H2,1-3H3,(H,17,18). The molecule has 5 nitrogen and oxygen atoms in total. The van der Waals surface area contributed by atoms with Gasteiger partial charge in [0.25, 0.3) is 0 Å². The zero-order chi connectivity index (χ0) is 14.4. The smallest absolute Gasteiger partial charge is 0.319 e. The van der Waals surface area contributed by atoms with Crippen molar-refractivity contribution in [3.05, 3.63) is 0 Å². The topological polar surface area (TPSA) is 60.9 Å². The van der Waals surface area contributed by atoms with E-state index in [0.29, 0.717) is 12.5 Å². The van der Waals surface area contributed by atoms with Crippen molar-refractivity contribution in [2.24, 2.45) is 11.8 Å². The van der Waals surface area contributed by atoms with Crippen LogP contribution in [-0.4, -0.2) is 53.6 Å². The summed E-state index contributed by atoms with van der Waals surface area (Å²) in [6.07, 6.45) is 3.03. The average molecular weight is 270 g/mol. The Morgan fingerprint density at radius 2 is 2.16 bits per heavy atom. The van der Waals surface area contributed by atoms with E-state index in [1.807, 2.05) is 7.05 Å². The molecule has 1 aliphatic rings. The third-order valence-corrected chi connectivity index (χ3v) is 3.86. The molecule has 5 heteroatoms. The first-order chi connectivity index (χ1) is 8.93. The predicted molar refractivity (Wildman–Crippen MR) is 74.0 cm³/mol. The molecule has 0 radical (unpaired) electrons. The number of hydrogen-bond donors (Lipinski definition) is 1. The molecule has 2 amide bonds. The van der Waals surface area contributed by atoms with Crippen LogP contribution in [0.5, 0.6) is 0 Å². The first-order valence-corrected chi connectivity index (χ1v) is 7.15. The summed E-state index contributed by atoms with van der Waals surface area (Å²) in [6.45, 7) is 6.34. The second-order valence-corrected chi connectivity index (χ2v) is 5.73. The molecule has 1 N–H and O–H groups in total. The van der Waals surface area contributed by atoms with Gasteiger partial charge in [0, 0.05) is 33.1 Å². The van der Waals surface area contributed by atoms with Crippen molar-refractivity contribution in [1.82, 2.24) is 9.80 Å². The van der Waals surface area contributed by atoms with Crippen molar-refractivity contribution in [3.8, 4) is 0 Å². The second kappa shape index (κ2) is 7.36. The molecule has 0 saturated carbocycles. The lowest BCUT2D eigenvalue weighted by atomic mass is 9.95. The molecule has 0 spiro atoms. The van der Waals surface area contributed by atoms with E-state index < -0.39 is 5.97 Å². The Kier molecular flexibility index (Phi) is 6.12. The highest BCUT2D eigenvalue weighted by Crippen LogP contribution is 2.20. The largest absolute Gasteiger partial charge is 0.481 e. The normalized spacial score (nSPS) is 21.0. The summed E-state index contributed by atoms with van der Waals surface area (Å²) in [6, 6.07) is 0.0374. The molecule has 1 aliphatic heterocycles. The number of piperidine rings is 1. The summed E-state index contributed by atoms with van der Waals surface area (Å²) < 4.78 is 0. The lowest BCUT2D eigenvalue weighted by molar-refractivity contribution is -0.138. The predicted octanol–water partition coefficient (Wildman–Crippen LogP) is 2.27. The highest BCUT2D eigenvalue weighted by atomic mass is 16.4. The van der Waals surface area contributed by atoms with Crippen molar-refractivity contribution in [2.45, 2.75) is 39.5 Å². The number of carboxylic acid groups (broad SMARTS) is 1. The molecule has 2 unspecified atom stereocenters. The van der Waals surface area contributed by atoms with Gasteiger partial charge in [-0.25, -0.2) is 4.79 Å². The van der Waals surface area contributed by atoms with Gasteiger partial charge in [-0.2, -0.15) is 0 Å². The molecule has 1 heterocycles. The maximum Gasteiger partial charge on any atom is 0.319 e. The Hall–Kier alpha value is -1.26. The van der Waals surface area contributed by atoms with E-state index in [1.54, 1.807) is 9.80 Å². The summed E-state index contributed by atoms with van der Waals surface area (Å²) in [5, 5.41) is 8.84. The zero-order valence-corrected chi connectivity index (χ0v) is 12.3. The number of nitrogens with zero attached hydrogens (tertiary/aromatic N) is 2. The summed E-state index contributed by atoms with van der Waals surface area (Å²) in [5.74, 6) is -0.173. The molecule has 110 valence electrons. The van der Waals surface area contributed by atoms with E-state index in [4.69, 9.17) is 5.11 Å². The van der Waals surface area contributed by atoms with E-state index in [9.17, 15) is 9.59 Å². The van der Waals surface area contributed by atoms with Gasteiger partial charge in [0.05, 0.1) is 0 Å². The maximum atomic E-state index is 12.3. The minimum atomic E-state index is -0.771. The summed E-state index contributed by atoms with van der Waals surface area (Å²) in [7, 11) is 1.83. The number of hydrogen-bond acceptors (Lipinski definition) is 2. The molecule has 1 rings (SSSR count). The fourth-order valence-electron chi connectivity index (χ4n) is 2.57. The second-order valence-electron chi connectivity index (χ2n) is 5.73. The summed E-state index contributed by atoms with van der Waals surface area (Å²) >= 11 is 0. The fraction of sp³-hybridized carbons (Fsp3) is 0.857. The van der Waals surface area contributed by atoms with Crippen LogP contribution < -0.4 is 0 Å². The average Bonchev–Trinajstić information content (AvgIpc) is 2.37. The molecule has 19 heavy (non-hydrogen) atoms. The third kappa shape index (κ3) is 5.09. The van der Waals surface area contributed by atoms with Gasteiger partial charge in [0.15, 0.2) is 0 Å². The van der Waals surface area contributed by atoms with Crippen LogP contribution in [0.4, 0.5) is 4.79 Å². The van der Waals surface area contributed by atoms with Gasteiger partial charge in [-0.15, -0.1) is 0 Å². The van der Waals surface area contributed by atoms with E-state index in [-0.39, 0.29) is 18.4 Å². The Morgan fingerprint density at radius 1 is 1.47 bits per heavy atom. The van der Waals surface area contributed by atoms with Crippen molar-refractivity contribution in [2.75, 3.05) is 26.7 Å². The monoisotopic (exact) mass is 270 g/mol. The molecule has 0 aromatic rings. The Balaban J connectivity index is 2.49. The highest BCUT2D eigenvalue weighted by Gasteiger charge is 2.27. The number of amides is 2. The van der Waals surface area contributed by atoms with Gasteiger partial charge in [-0.1, -0.05) is 20.3 Å². The van der Waals surface area contributed by atoms with E-state index in [2.05, 4.69) is 13.8 Å². The number of carboxylic acids is 1. The molecule has 0 aromatic heterocycles. The molecule has 0 aromatic carbocycles. The minimum Gasteiger partial charge on any atom is -0.481 e. The van der Waals surface area contributed by atoms with Gasteiger partial charge in [-0.05, 0) is 24.7 Å². The number of carbonyl (C=O) groups is 2. The highest BCUT2D eigenvalue weighted by molar-refractivity contribution is 5.74. The molecule has 1 saturated heterocycles. The maximum absolute atomic E-state index is 12.3. The Bertz CT molecular complexity index is 320. The van der Waals surface area contributed by atoms with Crippen molar-refractivity contribution in [1.29, 1.82) is 0 Å².